The van der Waals surface area contributed by atoms with E-state index in [0.717, 1.165) is 22.3 Å². The van der Waals surface area contributed by atoms with Crippen LogP contribution >= 0.6 is 11.8 Å². The van der Waals surface area contributed by atoms with Crippen molar-refractivity contribution < 1.29 is 4.39 Å². The Hall–Kier alpha value is -1.36. The Kier molecular flexibility index (Phi) is 4.58. The van der Waals surface area contributed by atoms with Crippen LogP contribution in [-0.2, 0) is 12.8 Å². The van der Waals surface area contributed by atoms with E-state index in [4.69, 9.17) is 0 Å². The van der Waals surface area contributed by atoms with Crippen LogP contribution in [0.4, 0.5) is 4.39 Å². The Morgan fingerprint density at radius 2 is 1.86 bits per heavy atom. The molecule has 2 aromatic rings. The highest BCUT2D eigenvalue weighted by Crippen LogP contribution is 2.33. The Bertz CT molecular complexity index is 588. The molecule has 112 valence electrons. The number of benzene rings is 1. The van der Waals surface area contributed by atoms with Gasteiger partial charge in [0.25, 0.3) is 0 Å². The molecule has 3 rings (SSSR count). The van der Waals surface area contributed by atoms with E-state index in [1.807, 2.05) is 12.1 Å². The van der Waals surface area contributed by atoms with Gasteiger partial charge in [-0.1, -0.05) is 43.2 Å². The predicted molar refractivity (Wildman–Crippen MR) is 82.8 cm³/mol. The first-order valence-corrected chi connectivity index (χ1v) is 8.49. The summed E-state index contributed by atoms with van der Waals surface area (Å²) in [6.45, 7) is 0. The molecule has 21 heavy (non-hydrogen) atoms. The molecule has 0 aliphatic heterocycles. The molecule has 1 aliphatic carbocycles. The monoisotopic (exact) mass is 305 g/mol. The molecule has 0 spiro atoms. The Morgan fingerprint density at radius 3 is 2.57 bits per heavy atom. The van der Waals surface area contributed by atoms with Gasteiger partial charge < -0.3 is 4.57 Å². The molecule has 0 radical (unpaired) electrons. The van der Waals surface area contributed by atoms with Gasteiger partial charge in [0.1, 0.15) is 11.6 Å². The van der Waals surface area contributed by atoms with Crippen molar-refractivity contribution in [2.75, 3.05) is 0 Å². The summed E-state index contributed by atoms with van der Waals surface area (Å²) in [5, 5.41) is 9.67. The molecule has 0 atom stereocenters. The van der Waals surface area contributed by atoms with E-state index in [-0.39, 0.29) is 5.82 Å². The van der Waals surface area contributed by atoms with Gasteiger partial charge in [-0.3, -0.25) is 0 Å². The maximum atomic E-state index is 12.9. The largest absolute Gasteiger partial charge is 0.309 e. The number of nitrogens with zero attached hydrogens (tertiary/aromatic N) is 3. The minimum absolute atomic E-state index is 0.193. The molecule has 5 heteroatoms. The summed E-state index contributed by atoms with van der Waals surface area (Å²) >= 11 is 1.66. The van der Waals surface area contributed by atoms with E-state index < -0.39 is 0 Å². The van der Waals surface area contributed by atoms with Crippen LogP contribution in [0.3, 0.4) is 0 Å². The van der Waals surface area contributed by atoms with Gasteiger partial charge in [0, 0.05) is 18.7 Å². The first-order valence-electron chi connectivity index (χ1n) is 7.50. The summed E-state index contributed by atoms with van der Waals surface area (Å²) in [7, 11) is 2.05. The minimum atomic E-state index is -0.193. The average Bonchev–Trinajstić information content (AvgIpc) is 2.89. The third-order valence-corrected chi connectivity index (χ3v) is 5.21. The molecule has 0 unspecified atom stereocenters. The topological polar surface area (TPSA) is 30.7 Å². The molecule has 3 nitrogen and oxygen atoms in total. The molecule has 0 N–H and O–H groups in total. The standard InChI is InChI=1S/C16H20FN3S/c1-20-15(13-5-3-2-4-6-13)18-19-16(20)21-11-12-7-9-14(17)10-8-12/h7-10,13H,2-6,11H2,1H3. The third-order valence-electron chi connectivity index (χ3n) is 4.12. The number of hydrogen-bond acceptors (Lipinski definition) is 3. The van der Waals surface area contributed by atoms with Crippen molar-refractivity contribution in [2.45, 2.75) is 48.9 Å². The quantitative estimate of drug-likeness (QED) is 0.789. The molecule has 1 aliphatic rings. The SMILES string of the molecule is Cn1c(SCc2ccc(F)cc2)nnc1C1CCCCC1. The van der Waals surface area contributed by atoms with Crippen molar-refractivity contribution in [3.8, 4) is 0 Å². The molecule has 1 aromatic carbocycles. The van der Waals surface area contributed by atoms with Crippen molar-refractivity contribution in [3.63, 3.8) is 0 Å². The van der Waals surface area contributed by atoms with Crippen molar-refractivity contribution in [1.29, 1.82) is 0 Å². The van der Waals surface area contributed by atoms with Crippen LogP contribution in [0.1, 0.15) is 49.4 Å². The summed E-state index contributed by atoms with van der Waals surface area (Å²) < 4.78 is 15.0. The molecular formula is C16H20FN3S. The van der Waals surface area contributed by atoms with E-state index in [2.05, 4.69) is 21.8 Å². The lowest BCUT2D eigenvalue weighted by Gasteiger charge is -2.20. The molecule has 1 fully saturated rings. The summed E-state index contributed by atoms with van der Waals surface area (Å²) in [5.41, 5.74) is 1.10. The van der Waals surface area contributed by atoms with E-state index in [0.29, 0.717) is 5.92 Å². The summed E-state index contributed by atoms with van der Waals surface area (Å²) in [6, 6.07) is 6.64. The van der Waals surface area contributed by atoms with Crippen LogP contribution < -0.4 is 0 Å². The molecule has 1 saturated carbocycles. The van der Waals surface area contributed by atoms with Gasteiger partial charge in [0.15, 0.2) is 5.16 Å². The van der Waals surface area contributed by atoms with Crippen LogP contribution in [0, 0.1) is 5.82 Å². The zero-order valence-electron chi connectivity index (χ0n) is 12.3. The van der Waals surface area contributed by atoms with E-state index >= 15 is 0 Å². The second kappa shape index (κ2) is 6.60. The number of aromatic nitrogens is 3. The maximum Gasteiger partial charge on any atom is 0.191 e. The molecular weight excluding hydrogens is 285 g/mol. The zero-order valence-corrected chi connectivity index (χ0v) is 13.1. The number of hydrogen-bond donors (Lipinski definition) is 0. The Balaban J connectivity index is 1.66. The van der Waals surface area contributed by atoms with Gasteiger partial charge in [-0.15, -0.1) is 10.2 Å². The van der Waals surface area contributed by atoms with Gasteiger partial charge in [0.05, 0.1) is 0 Å². The minimum Gasteiger partial charge on any atom is -0.309 e. The third kappa shape index (κ3) is 3.46. The highest BCUT2D eigenvalue weighted by Gasteiger charge is 2.21. The lowest BCUT2D eigenvalue weighted by molar-refractivity contribution is 0.418. The fraction of sp³-hybridized carbons (Fsp3) is 0.500. The molecule has 0 bridgehead atoms. The average molecular weight is 305 g/mol. The van der Waals surface area contributed by atoms with Crippen LogP contribution in [0.5, 0.6) is 0 Å². The van der Waals surface area contributed by atoms with Gasteiger partial charge >= 0.3 is 0 Å². The highest BCUT2D eigenvalue weighted by atomic mass is 32.2. The Morgan fingerprint density at radius 1 is 1.14 bits per heavy atom. The molecule has 0 amide bonds. The van der Waals surface area contributed by atoms with Gasteiger partial charge in [-0.25, -0.2) is 4.39 Å². The van der Waals surface area contributed by atoms with Crippen LogP contribution in [0.25, 0.3) is 0 Å². The van der Waals surface area contributed by atoms with Crippen LogP contribution in [0.15, 0.2) is 29.4 Å². The number of thioether (sulfide) groups is 1. The molecule has 1 aromatic heterocycles. The fourth-order valence-corrected chi connectivity index (χ4v) is 3.77. The second-order valence-electron chi connectivity index (χ2n) is 5.65. The van der Waals surface area contributed by atoms with Crippen LogP contribution in [-0.4, -0.2) is 14.8 Å². The van der Waals surface area contributed by atoms with Crippen molar-refractivity contribution in [2.24, 2.45) is 7.05 Å². The molecule has 1 heterocycles. The van der Waals surface area contributed by atoms with Gasteiger partial charge in [-0.05, 0) is 30.5 Å². The van der Waals surface area contributed by atoms with Crippen molar-refractivity contribution in [3.05, 3.63) is 41.5 Å². The Labute approximate surface area is 129 Å². The van der Waals surface area contributed by atoms with Crippen molar-refractivity contribution in [1.82, 2.24) is 14.8 Å². The van der Waals surface area contributed by atoms with E-state index in [9.17, 15) is 4.39 Å². The lowest BCUT2D eigenvalue weighted by atomic mass is 9.89. The summed E-state index contributed by atoms with van der Waals surface area (Å²) in [5.74, 6) is 2.28. The zero-order chi connectivity index (χ0) is 14.7. The second-order valence-corrected chi connectivity index (χ2v) is 6.59. The van der Waals surface area contributed by atoms with Crippen molar-refractivity contribution >= 4 is 11.8 Å². The number of halogens is 1. The molecule has 0 saturated heterocycles. The number of rotatable bonds is 4. The predicted octanol–water partition coefficient (Wildman–Crippen LogP) is 4.29. The van der Waals surface area contributed by atoms with Gasteiger partial charge in [-0.2, -0.15) is 0 Å². The normalized spacial score (nSPS) is 16.3. The lowest BCUT2D eigenvalue weighted by Crippen LogP contribution is -2.10. The first-order chi connectivity index (χ1) is 10.2. The maximum absolute atomic E-state index is 12.9. The summed E-state index contributed by atoms with van der Waals surface area (Å²) in [4.78, 5) is 0. The van der Waals surface area contributed by atoms with E-state index in [1.165, 1.54) is 44.2 Å². The van der Waals surface area contributed by atoms with Gasteiger partial charge in [0.2, 0.25) is 0 Å². The van der Waals surface area contributed by atoms with E-state index in [1.54, 1.807) is 11.8 Å². The first kappa shape index (κ1) is 14.6. The highest BCUT2D eigenvalue weighted by molar-refractivity contribution is 7.98. The summed E-state index contributed by atoms with van der Waals surface area (Å²) in [6.07, 6.45) is 6.41. The smallest absolute Gasteiger partial charge is 0.191 e. The fourth-order valence-electron chi connectivity index (χ4n) is 2.90. The van der Waals surface area contributed by atoms with Crippen LogP contribution in [0.2, 0.25) is 0 Å².